The summed E-state index contributed by atoms with van der Waals surface area (Å²) in [4.78, 5) is 32.6. The molecule has 0 spiro atoms. The monoisotopic (exact) mass is 376 g/mol. The number of hydrogen-bond donors (Lipinski definition) is 3. The van der Waals surface area contributed by atoms with Crippen molar-refractivity contribution in [3.05, 3.63) is 65.9 Å². The summed E-state index contributed by atoms with van der Waals surface area (Å²) in [7, 11) is 0. The Bertz CT molecular complexity index is 1160. The zero-order chi connectivity index (χ0) is 19.7. The fourth-order valence-electron chi connectivity index (χ4n) is 3.20. The molecule has 0 saturated heterocycles. The second kappa shape index (κ2) is 7.19. The van der Waals surface area contributed by atoms with Crippen LogP contribution in [0.2, 0.25) is 0 Å². The first-order valence-electron chi connectivity index (χ1n) is 9.02. The van der Waals surface area contributed by atoms with Crippen LogP contribution in [0.15, 0.2) is 53.1 Å². The number of pyridine rings is 1. The molecule has 1 atom stereocenters. The number of nitrogens with zero attached hydrogens (tertiary/aromatic N) is 1. The van der Waals surface area contributed by atoms with Gasteiger partial charge in [-0.05, 0) is 38.1 Å². The molecule has 7 heteroatoms. The molecular formula is C21H20N4O3. The third-order valence-electron chi connectivity index (χ3n) is 4.67. The lowest BCUT2D eigenvalue weighted by molar-refractivity contribution is -0.122. The number of fused-ring (bicyclic) bond motifs is 3. The van der Waals surface area contributed by atoms with E-state index in [0.29, 0.717) is 5.76 Å². The lowest BCUT2D eigenvalue weighted by Gasteiger charge is -2.13. The smallest absolute Gasteiger partial charge is 0.270 e. The van der Waals surface area contributed by atoms with Crippen LogP contribution in [-0.4, -0.2) is 27.8 Å². The van der Waals surface area contributed by atoms with Gasteiger partial charge in [0.25, 0.3) is 5.91 Å². The molecule has 28 heavy (non-hydrogen) atoms. The third-order valence-corrected chi connectivity index (χ3v) is 4.67. The minimum atomic E-state index is -0.705. The first kappa shape index (κ1) is 17.8. The maximum Gasteiger partial charge on any atom is 0.270 e. The van der Waals surface area contributed by atoms with Crippen molar-refractivity contribution in [2.75, 3.05) is 0 Å². The average Bonchev–Trinajstić information content (AvgIpc) is 3.34. The molecule has 0 fully saturated rings. The topological polar surface area (TPSA) is 100 Å². The molecule has 0 aliphatic rings. The summed E-state index contributed by atoms with van der Waals surface area (Å²) >= 11 is 0. The Morgan fingerprint density at radius 3 is 2.79 bits per heavy atom. The van der Waals surface area contributed by atoms with Gasteiger partial charge in [0.05, 0.1) is 24.0 Å². The number of furan rings is 1. The zero-order valence-corrected chi connectivity index (χ0v) is 15.6. The second-order valence-corrected chi connectivity index (χ2v) is 6.68. The highest BCUT2D eigenvalue weighted by molar-refractivity contribution is 6.10. The molecule has 2 amide bonds. The summed E-state index contributed by atoms with van der Waals surface area (Å²) in [6, 6.07) is 12.5. The number of H-pyrrole nitrogens is 1. The van der Waals surface area contributed by atoms with Crippen LogP contribution < -0.4 is 10.6 Å². The Hall–Kier alpha value is -3.61. The maximum absolute atomic E-state index is 12.7. The molecule has 4 aromatic rings. The van der Waals surface area contributed by atoms with Crippen LogP contribution in [-0.2, 0) is 11.3 Å². The summed E-state index contributed by atoms with van der Waals surface area (Å²) in [5, 5.41) is 7.40. The third kappa shape index (κ3) is 3.34. The molecule has 1 unspecified atom stereocenters. The summed E-state index contributed by atoms with van der Waals surface area (Å²) in [6.45, 7) is 3.76. The standard InChI is InChI=1S/C21H20N4O3/c1-12-19-16(15-7-3-4-8-17(15)25-19)10-18(23-12)21(27)24-13(2)20(26)22-11-14-6-5-9-28-14/h3-10,13,25H,11H2,1-2H3,(H,22,26)(H,24,27). The van der Waals surface area contributed by atoms with Gasteiger partial charge in [-0.25, -0.2) is 4.98 Å². The quantitative estimate of drug-likeness (QED) is 0.498. The zero-order valence-electron chi connectivity index (χ0n) is 15.6. The van der Waals surface area contributed by atoms with Crippen molar-refractivity contribution in [2.45, 2.75) is 26.4 Å². The normalized spacial score (nSPS) is 12.2. The van der Waals surface area contributed by atoms with Gasteiger partial charge >= 0.3 is 0 Å². The number of para-hydroxylation sites is 1. The molecular weight excluding hydrogens is 356 g/mol. The van der Waals surface area contributed by atoms with Gasteiger partial charge in [0.1, 0.15) is 17.5 Å². The van der Waals surface area contributed by atoms with E-state index in [4.69, 9.17) is 4.42 Å². The van der Waals surface area contributed by atoms with Crippen LogP contribution in [0.5, 0.6) is 0 Å². The van der Waals surface area contributed by atoms with Gasteiger partial charge in [-0.1, -0.05) is 18.2 Å². The molecule has 0 bridgehead atoms. The number of amides is 2. The number of aromatic amines is 1. The molecule has 0 saturated carbocycles. The van der Waals surface area contributed by atoms with Crippen molar-refractivity contribution in [3.8, 4) is 0 Å². The average molecular weight is 376 g/mol. The van der Waals surface area contributed by atoms with Crippen molar-refractivity contribution in [1.29, 1.82) is 0 Å². The molecule has 3 aromatic heterocycles. The van der Waals surface area contributed by atoms with Gasteiger partial charge in [-0.15, -0.1) is 0 Å². The van der Waals surface area contributed by atoms with Crippen LogP contribution in [0.4, 0.5) is 0 Å². The van der Waals surface area contributed by atoms with Crippen molar-refractivity contribution >= 4 is 33.6 Å². The Labute approximate surface area is 161 Å². The number of hydrogen-bond acceptors (Lipinski definition) is 4. The summed E-state index contributed by atoms with van der Waals surface area (Å²) in [5.74, 6) is -0.0421. The van der Waals surface area contributed by atoms with Gasteiger partial charge in [-0.3, -0.25) is 9.59 Å². The van der Waals surface area contributed by atoms with Crippen LogP contribution in [0, 0.1) is 6.92 Å². The van der Waals surface area contributed by atoms with Gasteiger partial charge in [-0.2, -0.15) is 0 Å². The van der Waals surface area contributed by atoms with E-state index in [-0.39, 0.29) is 18.1 Å². The molecule has 1 aromatic carbocycles. The second-order valence-electron chi connectivity index (χ2n) is 6.68. The number of nitrogens with one attached hydrogen (secondary N) is 3. The Morgan fingerprint density at radius 1 is 1.18 bits per heavy atom. The van der Waals surface area contributed by atoms with E-state index in [0.717, 1.165) is 27.5 Å². The minimum absolute atomic E-state index is 0.269. The predicted octanol–water partition coefficient (Wildman–Crippen LogP) is 3.05. The van der Waals surface area contributed by atoms with Gasteiger partial charge in [0.2, 0.25) is 5.91 Å². The Balaban J connectivity index is 1.51. The first-order valence-corrected chi connectivity index (χ1v) is 9.02. The molecule has 142 valence electrons. The van der Waals surface area contributed by atoms with Crippen molar-refractivity contribution in [1.82, 2.24) is 20.6 Å². The number of aryl methyl sites for hydroxylation is 1. The molecule has 4 rings (SSSR count). The SMILES string of the molecule is Cc1nc(C(=O)NC(C)C(=O)NCc2ccco2)cc2c1[nH]c1ccccc12. The maximum atomic E-state index is 12.7. The fourth-order valence-corrected chi connectivity index (χ4v) is 3.20. The molecule has 0 aliphatic heterocycles. The van der Waals surface area contributed by atoms with Gasteiger partial charge in [0.15, 0.2) is 0 Å². The van der Waals surface area contributed by atoms with E-state index in [1.54, 1.807) is 31.4 Å². The Kier molecular flexibility index (Phi) is 4.57. The lowest BCUT2D eigenvalue weighted by Crippen LogP contribution is -2.44. The highest BCUT2D eigenvalue weighted by atomic mass is 16.3. The van der Waals surface area contributed by atoms with Crippen LogP contribution >= 0.6 is 0 Å². The number of carbonyl (C=O) groups excluding carboxylic acids is 2. The highest BCUT2D eigenvalue weighted by Gasteiger charge is 2.19. The minimum Gasteiger partial charge on any atom is -0.467 e. The number of aromatic nitrogens is 2. The van der Waals surface area contributed by atoms with Crippen LogP contribution in [0.1, 0.15) is 28.9 Å². The summed E-state index contributed by atoms with van der Waals surface area (Å²) in [5.41, 5.74) is 2.90. The van der Waals surface area contributed by atoms with E-state index >= 15 is 0 Å². The molecule has 3 heterocycles. The van der Waals surface area contributed by atoms with Crippen molar-refractivity contribution < 1.29 is 14.0 Å². The molecule has 0 aliphatic carbocycles. The predicted molar refractivity (Wildman–Crippen MR) is 106 cm³/mol. The molecule has 7 nitrogen and oxygen atoms in total. The van der Waals surface area contributed by atoms with Gasteiger partial charge in [0, 0.05) is 16.3 Å². The van der Waals surface area contributed by atoms with E-state index in [9.17, 15) is 9.59 Å². The van der Waals surface area contributed by atoms with E-state index in [2.05, 4.69) is 20.6 Å². The van der Waals surface area contributed by atoms with Crippen LogP contribution in [0.3, 0.4) is 0 Å². The van der Waals surface area contributed by atoms with Gasteiger partial charge < -0.3 is 20.0 Å². The van der Waals surface area contributed by atoms with Crippen LogP contribution in [0.25, 0.3) is 21.8 Å². The largest absolute Gasteiger partial charge is 0.467 e. The molecule has 3 N–H and O–H groups in total. The van der Waals surface area contributed by atoms with Crippen molar-refractivity contribution in [3.63, 3.8) is 0 Å². The molecule has 0 radical (unpaired) electrons. The van der Waals surface area contributed by atoms with E-state index < -0.39 is 11.9 Å². The summed E-state index contributed by atoms with van der Waals surface area (Å²) in [6.07, 6.45) is 1.54. The van der Waals surface area contributed by atoms with Crippen molar-refractivity contribution in [2.24, 2.45) is 0 Å². The fraction of sp³-hybridized carbons (Fsp3) is 0.190. The lowest BCUT2D eigenvalue weighted by atomic mass is 10.1. The summed E-state index contributed by atoms with van der Waals surface area (Å²) < 4.78 is 5.18. The Morgan fingerprint density at radius 2 is 2.00 bits per heavy atom. The number of rotatable bonds is 5. The first-order chi connectivity index (χ1) is 13.5. The highest BCUT2D eigenvalue weighted by Crippen LogP contribution is 2.27. The number of carbonyl (C=O) groups is 2. The van der Waals surface area contributed by atoms with E-state index in [1.807, 2.05) is 31.2 Å². The number of benzene rings is 1. The van der Waals surface area contributed by atoms with E-state index in [1.165, 1.54) is 0 Å².